The SMILES string of the molecule is Cc1ccc2c(c1)c1ccc(-c3ccc4c(c3)c3ccccc3n4-c3ccccc3)cc1n2-c1cc(-c2ccccc2)nc(C2=CCCC=C2)n1. The Morgan fingerprint density at radius 3 is 2.02 bits per heavy atom. The molecular weight excluding hydrogens is 621 g/mol. The Hall–Kier alpha value is -6.52. The minimum absolute atomic E-state index is 0.751. The molecule has 1 aliphatic carbocycles. The van der Waals surface area contributed by atoms with Gasteiger partial charge >= 0.3 is 0 Å². The van der Waals surface area contributed by atoms with Gasteiger partial charge in [-0.2, -0.15) is 0 Å². The zero-order valence-electron chi connectivity index (χ0n) is 28.3. The van der Waals surface area contributed by atoms with Crippen LogP contribution >= 0.6 is 0 Å². The lowest BCUT2D eigenvalue weighted by Gasteiger charge is -2.14. The Morgan fingerprint density at radius 1 is 0.490 bits per heavy atom. The molecular formula is C47H34N4. The van der Waals surface area contributed by atoms with Crippen molar-refractivity contribution in [3.05, 3.63) is 175 Å². The molecule has 4 heteroatoms. The van der Waals surface area contributed by atoms with E-state index in [1.165, 1.54) is 43.7 Å². The maximum Gasteiger partial charge on any atom is 0.161 e. The molecule has 0 N–H and O–H groups in total. The third kappa shape index (κ3) is 4.91. The standard InChI is InChI=1S/C47H34N4/c1-31-21-25-44-39(27-31)38-24-22-35(34-23-26-43-40(28-34)37-19-11-12-20-42(37)50(43)36-17-9-4-10-18-36)29-45(38)51(44)46-30-41(32-13-5-2-6-14-32)48-47(49-46)33-15-7-3-8-16-33/h2,4-7,9-30H,3,8H2,1H3. The van der Waals surface area contributed by atoms with Gasteiger partial charge in [-0.25, -0.2) is 9.97 Å². The van der Waals surface area contributed by atoms with E-state index in [9.17, 15) is 0 Å². The van der Waals surface area contributed by atoms with E-state index in [1.54, 1.807) is 0 Å². The minimum Gasteiger partial charge on any atom is -0.309 e. The first kappa shape index (κ1) is 29.4. The molecule has 0 spiro atoms. The van der Waals surface area contributed by atoms with Crippen LogP contribution in [-0.2, 0) is 0 Å². The fraction of sp³-hybridized carbons (Fsp3) is 0.0638. The third-order valence-corrected chi connectivity index (χ3v) is 10.2. The smallest absolute Gasteiger partial charge is 0.161 e. The van der Waals surface area contributed by atoms with Crippen molar-refractivity contribution in [2.75, 3.05) is 0 Å². The Morgan fingerprint density at radius 2 is 1.18 bits per heavy atom. The molecule has 0 fully saturated rings. The number of nitrogens with zero attached hydrogens (tertiary/aromatic N) is 4. The highest BCUT2D eigenvalue weighted by atomic mass is 15.1. The summed E-state index contributed by atoms with van der Waals surface area (Å²) in [6, 6.07) is 52.4. The second-order valence-electron chi connectivity index (χ2n) is 13.4. The number of allylic oxidation sites excluding steroid dienone is 4. The monoisotopic (exact) mass is 654 g/mol. The summed E-state index contributed by atoms with van der Waals surface area (Å²) in [6.45, 7) is 2.16. The van der Waals surface area contributed by atoms with E-state index < -0.39 is 0 Å². The molecule has 0 saturated carbocycles. The van der Waals surface area contributed by atoms with Gasteiger partial charge in [0.05, 0.1) is 27.8 Å². The van der Waals surface area contributed by atoms with Gasteiger partial charge in [0.25, 0.3) is 0 Å². The van der Waals surface area contributed by atoms with Crippen molar-refractivity contribution >= 4 is 49.2 Å². The van der Waals surface area contributed by atoms with Crippen molar-refractivity contribution in [2.45, 2.75) is 19.8 Å². The normalized spacial score (nSPS) is 13.1. The molecule has 4 nitrogen and oxygen atoms in total. The van der Waals surface area contributed by atoms with E-state index in [0.717, 1.165) is 63.6 Å². The first-order valence-corrected chi connectivity index (χ1v) is 17.7. The largest absolute Gasteiger partial charge is 0.309 e. The van der Waals surface area contributed by atoms with Gasteiger partial charge in [-0.3, -0.25) is 4.57 Å². The van der Waals surface area contributed by atoms with Crippen molar-refractivity contribution in [1.82, 2.24) is 19.1 Å². The molecule has 3 heterocycles. The van der Waals surface area contributed by atoms with Crippen LogP contribution < -0.4 is 0 Å². The number of rotatable bonds is 5. The fourth-order valence-corrected chi connectivity index (χ4v) is 7.78. The van der Waals surface area contributed by atoms with Crippen LogP contribution in [0.1, 0.15) is 24.2 Å². The first-order chi connectivity index (χ1) is 25.2. The lowest BCUT2D eigenvalue weighted by molar-refractivity contribution is 1.000. The van der Waals surface area contributed by atoms with Crippen LogP contribution in [0.2, 0.25) is 0 Å². The zero-order chi connectivity index (χ0) is 33.9. The molecule has 9 aromatic rings. The molecule has 10 rings (SSSR count). The molecule has 0 unspecified atom stereocenters. The molecule has 0 atom stereocenters. The average molecular weight is 655 g/mol. The van der Waals surface area contributed by atoms with Gasteiger partial charge in [0.2, 0.25) is 0 Å². The van der Waals surface area contributed by atoms with Gasteiger partial charge in [-0.05, 0) is 79.4 Å². The van der Waals surface area contributed by atoms with Gasteiger partial charge in [0.1, 0.15) is 5.82 Å². The quantitative estimate of drug-likeness (QED) is 0.185. The number of hydrogen-bond donors (Lipinski definition) is 0. The maximum absolute atomic E-state index is 5.29. The molecule has 0 radical (unpaired) electrons. The molecule has 242 valence electrons. The summed E-state index contributed by atoms with van der Waals surface area (Å²) in [5, 5.41) is 4.91. The second kappa shape index (κ2) is 11.8. The number of hydrogen-bond acceptors (Lipinski definition) is 2. The topological polar surface area (TPSA) is 35.6 Å². The third-order valence-electron chi connectivity index (χ3n) is 10.2. The summed E-state index contributed by atoms with van der Waals surface area (Å²) in [6.07, 6.45) is 8.67. The van der Waals surface area contributed by atoms with E-state index in [1.807, 2.05) is 6.07 Å². The van der Waals surface area contributed by atoms with E-state index in [0.29, 0.717) is 0 Å². The Bertz CT molecular complexity index is 2850. The van der Waals surface area contributed by atoms with Crippen LogP contribution in [0.4, 0.5) is 0 Å². The van der Waals surface area contributed by atoms with Gasteiger partial charge < -0.3 is 4.57 Å². The highest BCUT2D eigenvalue weighted by molar-refractivity contribution is 6.12. The van der Waals surface area contributed by atoms with Crippen LogP contribution in [0.5, 0.6) is 0 Å². The van der Waals surface area contributed by atoms with Crippen LogP contribution in [0.15, 0.2) is 164 Å². The molecule has 51 heavy (non-hydrogen) atoms. The van der Waals surface area contributed by atoms with Crippen LogP contribution in [0.25, 0.3) is 83.1 Å². The fourth-order valence-electron chi connectivity index (χ4n) is 7.78. The van der Waals surface area contributed by atoms with Crippen molar-refractivity contribution in [2.24, 2.45) is 0 Å². The van der Waals surface area contributed by atoms with Crippen molar-refractivity contribution in [3.8, 4) is 33.9 Å². The van der Waals surface area contributed by atoms with Gasteiger partial charge in [0, 0.05) is 44.4 Å². The van der Waals surface area contributed by atoms with Gasteiger partial charge in [-0.15, -0.1) is 0 Å². The summed E-state index contributed by atoms with van der Waals surface area (Å²) < 4.78 is 4.70. The summed E-state index contributed by atoms with van der Waals surface area (Å²) in [4.78, 5) is 10.4. The first-order valence-electron chi connectivity index (χ1n) is 17.7. The van der Waals surface area contributed by atoms with Crippen molar-refractivity contribution in [1.29, 1.82) is 0 Å². The second-order valence-corrected chi connectivity index (χ2v) is 13.4. The molecule has 0 bridgehead atoms. The summed E-state index contributed by atoms with van der Waals surface area (Å²) >= 11 is 0. The maximum atomic E-state index is 5.29. The van der Waals surface area contributed by atoms with Crippen molar-refractivity contribution in [3.63, 3.8) is 0 Å². The number of aryl methyl sites for hydroxylation is 1. The van der Waals surface area contributed by atoms with Gasteiger partial charge in [0.15, 0.2) is 5.82 Å². The molecule has 3 aromatic heterocycles. The predicted molar refractivity (Wildman–Crippen MR) is 213 cm³/mol. The van der Waals surface area contributed by atoms with Crippen LogP contribution in [-0.4, -0.2) is 19.1 Å². The number of para-hydroxylation sites is 2. The highest BCUT2D eigenvalue weighted by Crippen LogP contribution is 2.39. The number of aromatic nitrogens is 4. The van der Waals surface area contributed by atoms with Gasteiger partial charge in [-0.1, -0.05) is 115 Å². The highest BCUT2D eigenvalue weighted by Gasteiger charge is 2.19. The van der Waals surface area contributed by atoms with Crippen molar-refractivity contribution < 1.29 is 0 Å². The summed E-state index contributed by atoms with van der Waals surface area (Å²) in [5.74, 6) is 1.61. The number of benzene rings is 6. The summed E-state index contributed by atoms with van der Waals surface area (Å²) in [5.41, 5.74) is 12.5. The lowest BCUT2D eigenvalue weighted by atomic mass is 10.0. The lowest BCUT2D eigenvalue weighted by Crippen LogP contribution is -2.04. The number of fused-ring (bicyclic) bond motifs is 6. The van der Waals surface area contributed by atoms with Crippen LogP contribution in [0, 0.1) is 6.92 Å². The van der Waals surface area contributed by atoms with E-state index in [-0.39, 0.29) is 0 Å². The van der Waals surface area contributed by atoms with E-state index in [4.69, 9.17) is 9.97 Å². The molecule has 1 aliphatic rings. The average Bonchev–Trinajstić information content (AvgIpc) is 3.70. The molecule has 0 aliphatic heterocycles. The minimum atomic E-state index is 0.751. The van der Waals surface area contributed by atoms with E-state index >= 15 is 0 Å². The van der Waals surface area contributed by atoms with Crippen LogP contribution in [0.3, 0.4) is 0 Å². The Balaban J connectivity index is 1.21. The molecule has 6 aromatic carbocycles. The molecule has 0 saturated heterocycles. The Kier molecular flexibility index (Phi) is 6.81. The summed E-state index contributed by atoms with van der Waals surface area (Å²) in [7, 11) is 0. The Labute approximate surface area is 296 Å². The molecule has 0 amide bonds. The van der Waals surface area contributed by atoms with E-state index in [2.05, 4.69) is 174 Å². The predicted octanol–water partition coefficient (Wildman–Crippen LogP) is 12.0. The zero-order valence-corrected chi connectivity index (χ0v) is 28.3.